The smallest absolute Gasteiger partial charge is 0.416 e. The minimum absolute atomic E-state index is 0.0131. The maximum atomic E-state index is 13.3. The predicted molar refractivity (Wildman–Crippen MR) is 131 cm³/mol. The third kappa shape index (κ3) is 7.12. The first-order valence-electron chi connectivity index (χ1n) is 12.0. The number of nitrogens with zero attached hydrogens (tertiary/aromatic N) is 3. The molecular formula is C26H31ClF3N3O3. The van der Waals surface area contributed by atoms with Crippen LogP contribution in [0.2, 0.25) is 5.02 Å². The molecule has 0 spiro atoms. The molecule has 2 aromatic carbocycles. The van der Waals surface area contributed by atoms with Crippen molar-refractivity contribution in [2.45, 2.75) is 24.7 Å². The highest BCUT2D eigenvalue weighted by molar-refractivity contribution is 6.30. The van der Waals surface area contributed by atoms with E-state index in [9.17, 15) is 18.0 Å². The number of hydrogen-bond donors (Lipinski definition) is 0. The lowest BCUT2D eigenvalue weighted by molar-refractivity contribution is -0.157. The Morgan fingerprint density at radius 3 is 2.33 bits per heavy atom. The Kier molecular flexibility index (Phi) is 8.44. The average molecular weight is 526 g/mol. The van der Waals surface area contributed by atoms with Gasteiger partial charge in [-0.1, -0.05) is 23.7 Å². The van der Waals surface area contributed by atoms with Gasteiger partial charge in [0.25, 0.3) is 0 Å². The van der Waals surface area contributed by atoms with E-state index in [0.29, 0.717) is 50.1 Å². The molecule has 2 aliphatic rings. The quantitative estimate of drug-likeness (QED) is 0.543. The number of halogens is 4. The molecule has 2 fully saturated rings. The average Bonchev–Trinajstić information content (AvgIpc) is 2.84. The van der Waals surface area contributed by atoms with Crippen molar-refractivity contribution in [2.24, 2.45) is 0 Å². The van der Waals surface area contributed by atoms with E-state index in [-0.39, 0.29) is 18.9 Å². The van der Waals surface area contributed by atoms with E-state index in [4.69, 9.17) is 21.1 Å². The topological polar surface area (TPSA) is 45.2 Å². The van der Waals surface area contributed by atoms with Gasteiger partial charge in [-0.3, -0.25) is 9.69 Å². The standard InChI is InChI=1S/C26H31ClF3N3O3/c1-31-10-12-33(13-11-31)24(34)16-25(19-35-23-8-6-22(27)7-9-23)18-32(14-15-36-25)17-20-2-4-21(5-3-20)26(28,29)30/h2-9H,10-19H2,1H3. The molecule has 2 aliphatic heterocycles. The molecule has 0 aliphatic carbocycles. The molecule has 10 heteroatoms. The summed E-state index contributed by atoms with van der Waals surface area (Å²) in [4.78, 5) is 19.4. The summed E-state index contributed by atoms with van der Waals surface area (Å²) in [5.74, 6) is 0.633. The van der Waals surface area contributed by atoms with E-state index in [1.54, 1.807) is 24.3 Å². The third-order valence-corrected chi connectivity index (χ3v) is 6.91. The zero-order valence-corrected chi connectivity index (χ0v) is 21.0. The Morgan fingerprint density at radius 2 is 1.69 bits per heavy atom. The molecule has 0 bridgehead atoms. The highest BCUT2D eigenvalue weighted by Gasteiger charge is 2.41. The van der Waals surface area contributed by atoms with E-state index in [1.807, 2.05) is 11.9 Å². The molecule has 4 rings (SSSR count). The van der Waals surface area contributed by atoms with Gasteiger partial charge in [-0.15, -0.1) is 0 Å². The summed E-state index contributed by atoms with van der Waals surface area (Å²) in [6.07, 6.45) is -4.21. The number of alkyl halides is 3. The van der Waals surface area contributed by atoms with Gasteiger partial charge in [0.15, 0.2) is 0 Å². The van der Waals surface area contributed by atoms with Gasteiger partial charge >= 0.3 is 6.18 Å². The first kappa shape index (κ1) is 26.7. The van der Waals surface area contributed by atoms with Crippen LogP contribution < -0.4 is 4.74 Å². The van der Waals surface area contributed by atoms with Crippen molar-refractivity contribution in [3.8, 4) is 5.75 Å². The number of amides is 1. The fourth-order valence-corrected chi connectivity index (χ4v) is 4.68. The zero-order valence-electron chi connectivity index (χ0n) is 20.3. The van der Waals surface area contributed by atoms with Crippen molar-refractivity contribution in [3.63, 3.8) is 0 Å². The Hall–Kier alpha value is -2.33. The van der Waals surface area contributed by atoms with E-state index in [1.165, 1.54) is 12.1 Å². The van der Waals surface area contributed by atoms with Gasteiger partial charge in [0.05, 0.1) is 18.6 Å². The van der Waals surface area contributed by atoms with Crippen LogP contribution in [0, 0.1) is 0 Å². The number of hydrogen-bond acceptors (Lipinski definition) is 5. The molecule has 1 unspecified atom stereocenters. The Bertz CT molecular complexity index is 1010. The minimum atomic E-state index is -4.37. The lowest BCUT2D eigenvalue weighted by atomic mass is 9.96. The largest absolute Gasteiger partial charge is 0.491 e. The van der Waals surface area contributed by atoms with Crippen LogP contribution >= 0.6 is 11.6 Å². The fraction of sp³-hybridized carbons (Fsp3) is 0.500. The molecule has 6 nitrogen and oxygen atoms in total. The lowest BCUT2D eigenvalue weighted by Gasteiger charge is -2.43. The Labute approximate surface area is 214 Å². The number of rotatable bonds is 7. The van der Waals surface area contributed by atoms with Crippen molar-refractivity contribution < 1.29 is 27.4 Å². The fourth-order valence-electron chi connectivity index (χ4n) is 4.55. The second-order valence-corrected chi connectivity index (χ2v) is 9.98. The van der Waals surface area contributed by atoms with Crippen LogP contribution in [-0.2, 0) is 22.3 Å². The molecule has 1 amide bonds. The predicted octanol–water partition coefficient (Wildman–Crippen LogP) is 4.17. The summed E-state index contributed by atoms with van der Waals surface area (Å²) < 4.78 is 51.1. The second kappa shape index (κ2) is 11.4. The zero-order chi connectivity index (χ0) is 25.8. The maximum Gasteiger partial charge on any atom is 0.416 e. The third-order valence-electron chi connectivity index (χ3n) is 6.66. The molecule has 0 N–H and O–H groups in total. The SMILES string of the molecule is CN1CCN(C(=O)CC2(COc3ccc(Cl)cc3)CN(Cc3ccc(C(F)(F)F)cc3)CCO2)CC1. The van der Waals surface area contributed by atoms with Crippen LogP contribution in [0.3, 0.4) is 0 Å². The number of carbonyl (C=O) groups is 1. The van der Waals surface area contributed by atoms with Crippen molar-refractivity contribution >= 4 is 17.5 Å². The minimum Gasteiger partial charge on any atom is -0.491 e. The highest BCUT2D eigenvalue weighted by Crippen LogP contribution is 2.30. The van der Waals surface area contributed by atoms with Gasteiger partial charge in [-0.05, 0) is 49.0 Å². The van der Waals surface area contributed by atoms with Crippen LogP contribution in [0.5, 0.6) is 5.75 Å². The van der Waals surface area contributed by atoms with E-state index in [2.05, 4.69) is 9.80 Å². The van der Waals surface area contributed by atoms with Gasteiger partial charge in [0.2, 0.25) is 5.91 Å². The van der Waals surface area contributed by atoms with Gasteiger partial charge in [0, 0.05) is 50.8 Å². The number of likely N-dealkylation sites (N-methyl/N-ethyl adjacent to an activating group) is 1. The summed E-state index contributed by atoms with van der Waals surface area (Å²) in [7, 11) is 2.03. The molecular weight excluding hydrogens is 495 g/mol. The van der Waals surface area contributed by atoms with E-state index in [0.717, 1.165) is 30.8 Å². The van der Waals surface area contributed by atoms with Crippen molar-refractivity contribution in [2.75, 3.05) is 59.5 Å². The summed E-state index contributed by atoms with van der Waals surface area (Å²) in [6, 6.07) is 12.2. The summed E-state index contributed by atoms with van der Waals surface area (Å²) in [6.45, 7) is 5.00. The van der Waals surface area contributed by atoms with Crippen LogP contribution in [0.1, 0.15) is 17.5 Å². The van der Waals surface area contributed by atoms with Gasteiger partial charge in [0.1, 0.15) is 18.0 Å². The first-order valence-corrected chi connectivity index (χ1v) is 12.4. The molecule has 36 heavy (non-hydrogen) atoms. The Morgan fingerprint density at radius 1 is 1.03 bits per heavy atom. The van der Waals surface area contributed by atoms with Crippen LogP contribution in [-0.4, -0.2) is 85.7 Å². The summed E-state index contributed by atoms with van der Waals surface area (Å²) >= 11 is 5.98. The summed E-state index contributed by atoms with van der Waals surface area (Å²) in [5, 5.41) is 0.596. The molecule has 0 radical (unpaired) electrons. The number of ether oxygens (including phenoxy) is 2. The molecule has 2 saturated heterocycles. The normalized spacial score (nSPS) is 22.0. The molecule has 2 aromatic rings. The first-order chi connectivity index (χ1) is 17.1. The lowest BCUT2D eigenvalue weighted by Crippen LogP contribution is -2.58. The molecule has 1 atom stereocenters. The molecule has 0 saturated carbocycles. The molecule has 0 aromatic heterocycles. The van der Waals surface area contributed by atoms with Crippen molar-refractivity contribution in [3.05, 3.63) is 64.7 Å². The van der Waals surface area contributed by atoms with E-state index < -0.39 is 17.3 Å². The van der Waals surface area contributed by atoms with Gasteiger partial charge in [-0.25, -0.2) is 0 Å². The maximum absolute atomic E-state index is 13.3. The van der Waals surface area contributed by atoms with Crippen molar-refractivity contribution in [1.29, 1.82) is 0 Å². The summed E-state index contributed by atoms with van der Waals surface area (Å²) in [5.41, 5.74) is -0.788. The number of benzene rings is 2. The monoisotopic (exact) mass is 525 g/mol. The van der Waals surface area contributed by atoms with Gasteiger partial charge in [-0.2, -0.15) is 13.2 Å². The van der Waals surface area contributed by atoms with E-state index >= 15 is 0 Å². The van der Waals surface area contributed by atoms with Crippen LogP contribution in [0.4, 0.5) is 13.2 Å². The van der Waals surface area contributed by atoms with Crippen LogP contribution in [0.25, 0.3) is 0 Å². The molecule has 196 valence electrons. The highest BCUT2D eigenvalue weighted by atomic mass is 35.5. The number of carbonyl (C=O) groups excluding carboxylic acids is 1. The Balaban J connectivity index is 1.47. The van der Waals surface area contributed by atoms with Gasteiger partial charge < -0.3 is 19.3 Å². The number of morpholine rings is 1. The molecule has 2 heterocycles. The number of piperazine rings is 1. The second-order valence-electron chi connectivity index (χ2n) is 9.54. The van der Waals surface area contributed by atoms with Crippen molar-refractivity contribution in [1.82, 2.24) is 14.7 Å². The van der Waals surface area contributed by atoms with Crippen LogP contribution in [0.15, 0.2) is 48.5 Å².